The van der Waals surface area contributed by atoms with Crippen molar-refractivity contribution in [1.82, 2.24) is 19.8 Å². The van der Waals surface area contributed by atoms with Gasteiger partial charge in [0.05, 0.1) is 28.5 Å². The van der Waals surface area contributed by atoms with Gasteiger partial charge in [-0.3, -0.25) is 9.78 Å². The number of pyridine rings is 1. The summed E-state index contributed by atoms with van der Waals surface area (Å²) >= 11 is 12.4. The zero-order valence-electron chi connectivity index (χ0n) is 21.6. The lowest BCUT2D eigenvalue weighted by Crippen LogP contribution is -2.33. The lowest BCUT2D eigenvalue weighted by molar-refractivity contribution is -0.116. The summed E-state index contributed by atoms with van der Waals surface area (Å²) in [6.45, 7) is 6.63. The van der Waals surface area contributed by atoms with Gasteiger partial charge < -0.3 is 20.1 Å². The number of nitrogens with one attached hydrogen (secondary N) is 2. The zero-order valence-corrected chi connectivity index (χ0v) is 23.2. The highest BCUT2D eigenvalue weighted by Crippen LogP contribution is 2.42. The van der Waals surface area contributed by atoms with E-state index in [9.17, 15) is 4.79 Å². The third kappa shape index (κ3) is 5.04. The van der Waals surface area contributed by atoms with E-state index >= 15 is 0 Å². The van der Waals surface area contributed by atoms with Crippen LogP contribution in [0.5, 0.6) is 0 Å². The number of carbonyl (C=O) groups excluding carboxylic acids is 1. The van der Waals surface area contributed by atoms with E-state index in [2.05, 4.69) is 45.0 Å². The van der Waals surface area contributed by atoms with E-state index in [0.29, 0.717) is 23.1 Å². The lowest BCUT2D eigenvalue weighted by Gasteiger charge is -2.28. The first kappa shape index (κ1) is 25.9. The second-order valence-electron chi connectivity index (χ2n) is 9.55. The average Bonchev–Trinajstić information content (AvgIpc) is 3.39. The summed E-state index contributed by atoms with van der Waals surface area (Å²) in [5, 5.41) is 7.82. The Morgan fingerprint density at radius 2 is 1.79 bits per heavy atom. The minimum Gasteiger partial charge on any atom is -0.352 e. The van der Waals surface area contributed by atoms with Crippen molar-refractivity contribution >= 4 is 40.5 Å². The topological polar surface area (TPSA) is 62.2 Å². The van der Waals surface area contributed by atoms with Gasteiger partial charge in [0, 0.05) is 36.2 Å². The Balaban J connectivity index is 1.48. The third-order valence-corrected chi connectivity index (χ3v) is 7.75. The summed E-state index contributed by atoms with van der Waals surface area (Å²) in [5.41, 5.74) is 6.94. The van der Waals surface area contributed by atoms with E-state index in [4.69, 9.17) is 23.8 Å². The molecular formula is C30H30ClN5OS. The Labute approximate surface area is 233 Å². The largest absolute Gasteiger partial charge is 0.352 e. The summed E-state index contributed by atoms with van der Waals surface area (Å²) in [5.74, 6) is -0.0522. The van der Waals surface area contributed by atoms with Crippen LogP contribution in [0.25, 0.3) is 5.69 Å². The first-order valence-corrected chi connectivity index (χ1v) is 13.4. The molecule has 194 valence electrons. The Kier molecular flexibility index (Phi) is 7.49. The molecule has 0 saturated carbocycles. The standard InChI is InChI=1S/C30H30ClN5OS/c1-19-10-4-6-12-24(19)33-27(37)15-17-35-29(28(34-30(35)38)25-13-8-9-16-32-25)22-18-20(2)36(21(22)3)26-14-7-5-11-23(26)31/h4-14,16,18,28-29H,15,17H2,1-3H3,(H,33,37)(H,34,38)/t28-,29+/m0/s1. The number of hydrogen-bond donors (Lipinski definition) is 2. The lowest BCUT2D eigenvalue weighted by atomic mass is 9.96. The molecule has 2 N–H and O–H groups in total. The predicted molar refractivity (Wildman–Crippen MR) is 157 cm³/mol. The average molecular weight is 544 g/mol. The van der Waals surface area contributed by atoms with Crippen molar-refractivity contribution in [3.63, 3.8) is 0 Å². The number of para-hydroxylation sites is 2. The first-order chi connectivity index (χ1) is 18.3. The maximum Gasteiger partial charge on any atom is 0.226 e. The van der Waals surface area contributed by atoms with Crippen molar-refractivity contribution in [2.24, 2.45) is 0 Å². The van der Waals surface area contributed by atoms with Crippen LogP contribution >= 0.6 is 23.8 Å². The van der Waals surface area contributed by atoms with Gasteiger partial charge in [0.2, 0.25) is 5.91 Å². The van der Waals surface area contributed by atoms with Gasteiger partial charge in [0.1, 0.15) is 0 Å². The van der Waals surface area contributed by atoms with E-state index in [1.165, 1.54) is 0 Å². The van der Waals surface area contributed by atoms with Crippen molar-refractivity contribution in [2.45, 2.75) is 39.3 Å². The number of carbonyl (C=O) groups is 1. The zero-order chi connectivity index (χ0) is 26.8. The van der Waals surface area contributed by atoms with Crippen LogP contribution in [0.2, 0.25) is 5.02 Å². The second kappa shape index (κ2) is 11.0. The Bertz CT molecular complexity index is 1490. The van der Waals surface area contributed by atoms with Crippen molar-refractivity contribution in [3.05, 3.63) is 112 Å². The van der Waals surface area contributed by atoms with E-state index in [-0.39, 0.29) is 18.0 Å². The van der Waals surface area contributed by atoms with E-state index < -0.39 is 0 Å². The maximum absolute atomic E-state index is 12.9. The molecule has 5 rings (SSSR count). The highest BCUT2D eigenvalue weighted by atomic mass is 35.5. The summed E-state index contributed by atoms with van der Waals surface area (Å²) < 4.78 is 2.18. The van der Waals surface area contributed by atoms with E-state index in [1.807, 2.05) is 73.7 Å². The summed E-state index contributed by atoms with van der Waals surface area (Å²) in [7, 11) is 0. The van der Waals surface area contributed by atoms with Crippen LogP contribution in [0.15, 0.2) is 79.0 Å². The number of aryl methyl sites for hydroxylation is 2. The second-order valence-corrected chi connectivity index (χ2v) is 10.3. The minimum atomic E-state index is -0.164. The molecule has 1 fully saturated rings. The van der Waals surface area contributed by atoms with Gasteiger partial charge >= 0.3 is 0 Å². The molecule has 38 heavy (non-hydrogen) atoms. The molecule has 0 bridgehead atoms. The molecule has 2 atom stereocenters. The van der Waals surface area contributed by atoms with Gasteiger partial charge in [0.15, 0.2) is 5.11 Å². The van der Waals surface area contributed by atoms with Crippen molar-refractivity contribution < 1.29 is 4.79 Å². The van der Waals surface area contributed by atoms with E-state index in [0.717, 1.165) is 39.6 Å². The highest BCUT2D eigenvalue weighted by molar-refractivity contribution is 7.80. The molecule has 6 nitrogen and oxygen atoms in total. The molecule has 2 aromatic carbocycles. The maximum atomic E-state index is 12.9. The van der Waals surface area contributed by atoms with E-state index in [1.54, 1.807) is 6.20 Å². The predicted octanol–water partition coefficient (Wildman–Crippen LogP) is 6.45. The molecule has 2 aromatic heterocycles. The minimum absolute atomic E-state index is 0.0522. The fourth-order valence-electron chi connectivity index (χ4n) is 5.22. The number of halogens is 1. The van der Waals surface area contributed by atoms with Gasteiger partial charge in [-0.2, -0.15) is 0 Å². The number of aromatic nitrogens is 2. The molecule has 0 radical (unpaired) electrons. The number of anilines is 1. The quantitative estimate of drug-likeness (QED) is 0.262. The van der Waals surface area contributed by atoms with Crippen LogP contribution in [0.3, 0.4) is 0 Å². The van der Waals surface area contributed by atoms with Gasteiger partial charge in [-0.1, -0.05) is 48.0 Å². The van der Waals surface area contributed by atoms with Crippen LogP contribution < -0.4 is 10.6 Å². The normalized spacial score (nSPS) is 16.9. The number of nitrogens with zero attached hydrogens (tertiary/aromatic N) is 3. The fourth-order valence-corrected chi connectivity index (χ4v) is 5.78. The fraction of sp³-hybridized carbons (Fsp3) is 0.233. The van der Waals surface area contributed by atoms with Crippen LogP contribution in [-0.4, -0.2) is 32.0 Å². The molecule has 0 unspecified atom stereocenters. The Morgan fingerprint density at radius 1 is 1.05 bits per heavy atom. The molecular weight excluding hydrogens is 514 g/mol. The molecule has 1 amide bonds. The number of benzene rings is 2. The van der Waals surface area contributed by atoms with Gasteiger partial charge in [0.25, 0.3) is 0 Å². The van der Waals surface area contributed by atoms with Gasteiger partial charge in [-0.25, -0.2) is 0 Å². The van der Waals surface area contributed by atoms with Crippen molar-refractivity contribution in [2.75, 3.05) is 11.9 Å². The first-order valence-electron chi connectivity index (χ1n) is 12.6. The monoisotopic (exact) mass is 543 g/mol. The number of rotatable bonds is 7. The van der Waals surface area contributed by atoms with Gasteiger partial charge in [-0.05, 0) is 80.5 Å². The smallest absolute Gasteiger partial charge is 0.226 e. The van der Waals surface area contributed by atoms with Crippen LogP contribution in [0.4, 0.5) is 5.69 Å². The molecule has 0 spiro atoms. The third-order valence-electron chi connectivity index (χ3n) is 7.08. The number of amides is 1. The molecule has 1 aliphatic heterocycles. The SMILES string of the molecule is Cc1ccccc1NC(=O)CCN1C(=S)N[C@@H](c2ccccn2)[C@H]1c1cc(C)n(-c2ccccc2Cl)c1C. The van der Waals surface area contributed by atoms with Crippen LogP contribution in [0.1, 0.15) is 46.7 Å². The molecule has 3 heterocycles. The van der Waals surface area contributed by atoms with Crippen molar-refractivity contribution in [1.29, 1.82) is 0 Å². The van der Waals surface area contributed by atoms with Gasteiger partial charge in [-0.15, -0.1) is 0 Å². The van der Waals surface area contributed by atoms with Crippen LogP contribution in [-0.2, 0) is 4.79 Å². The molecule has 8 heteroatoms. The number of thiocarbonyl (C=S) groups is 1. The molecule has 1 saturated heterocycles. The summed E-state index contributed by atoms with van der Waals surface area (Å²) in [6.07, 6.45) is 2.09. The highest BCUT2D eigenvalue weighted by Gasteiger charge is 2.41. The summed E-state index contributed by atoms with van der Waals surface area (Å²) in [4.78, 5) is 19.7. The van der Waals surface area contributed by atoms with Crippen molar-refractivity contribution in [3.8, 4) is 5.69 Å². The Hall–Kier alpha value is -3.68. The molecule has 1 aliphatic rings. The molecule has 4 aromatic rings. The number of hydrogen-bond acceptors (Lipinski definition) is 3. The Morgan fingerprint density at radius 3 is 2.53 bits per heavy atom. The van der Waals surface area contributed by atoms with Crippen LogP contribution in [0, 0.1) is 20.8 Å². The summed E-state index contributed by atoms with van der Waals surface area (Å²) in [6, 6.07) is 23.4. The molecule has 0 aliphatic carbocycles.